The van der Waals surface area contributed by atoms with Crippen molar-refractivity contribution in [1.29, 1.82) is 0 Å². The largest absolute Gasteiger partial charge is 0.461 e. The van der Waals surface area contributed by atoms with E-state index in [1.807, 2.05) is 20.8 Å². The van der Waals surface area contributed by atoms with Crippen LogP contribution in [0.15, 0.2) is 36.4 Å². The SMILES string of the molecule is CC.CC(=O)OCc1ccc(NC(=O)CNC(=O)C(CO)NC(=O)CCCCCN2C(=O)C=CC2=O)cc1.CCCNC(N)=O. The van der Waals surface area contributed by atoms with E-state index in [1.165, 1.54) is 19.1 Å². The Hall–Kier alpha value is -4.79. The van der Waals surface area contributed by atoms with Gasteiger partial charge < -0.3 is 36.8 Å². The number of imide groups is 1. The fraction of sp³-hybridized carbons (Fsp3) is 0.500. The predicted octanol–water partition coefficient (Wildman–Crippen LogP) is 0.858. The van der Waals surface area contributed by atoms with Crippen LogP contribution in [-0.4, -0.2) is 83.8 Å². The number of nitrogens with one attached hydrogen (secondary N) is 4. The van der Waals surface area contributed by atoms with E-state index in [0.717, 1.165) is 16.9 Å². The van der Waals surface area contributed by atoms with Crippen molar-refractivity contribution in [3.63, 3.8) is 0 Å². The maximum Gasteiger partial charge on any atom is 0.312 e. The van der Waals surface area contributed by atoms with Gasteiger partial charge in [0.2, 0.25) is 17.7 Å². The number of anilines is 1. The first kappa shape index (κ1) is 40.2. The van der Waals surface area contributed by atoms with Crippen LogP contribution < -0.4 is 27.0 Å². The Balaban J connectivity index is 0.00000189. The molecule has 0 saturated heterocycles. The summed E-state index contributed by atoms with van der Waals surface area (Å²) in [5, 5.41) is 19.2. The third kappa shape index (κ3) is 18.5. The van der Waals surface area contributed by atoms with E-state index in [-0.39, 0.29) is 37.9 Å². The second-order valence-electron chi connectivity index (χ2n) is 9.31. The lowest BCUT2D eigenvalue weighted by Gasteiger charge is -2.16. The summed E-state index contributed by atoms with van der Waals surface area (Å²) in [4.78, 5) is 81.2. The molecule has 250 valence electrons. The maximum absolute atomic E-state index is 12.2. The molecule has 0 radical (unpaired) electrons. The number of rotatable bonds is 16. The first-order valence-electron chi connectivity index (χ1n) is 14.7. The number of urea groups is 1. The highest BCUT2D eigenvalue weighted by atomic mass is 16.5. The molecule has 7 N–H and O–H groups in total. The van der Waals surface area contributed by atoms with Gasteiger partial charge in [-0.2, -0.15) is 0 Å². The molecular weight excluding hydrogens is 588 g/mol. The van der Waals surface area contributed by atoms with Crippen molar-refractivity contribution in [2.45, 2.75) is 72.4 Å². The van der Waals surface area contributed by atoms with Gasteiger partial charge in [0.1, 0.15) is 12.6 Å². The van der Waals surface area contributed by atoms with Crippen molar-refractivity contribution < 1.29 is 43.4 Å². The molecule has 1 aromatic carbocycles. The van der Waals surface area contributed by atoms with E-state index >= 15 is 0 Å². The highest BCUT2D eigenvalue weighted by Crippen LogP contribution is 2.11. The summed E-state index contributed by atoms with van der Waals surface area (Å²) in [6.45, 7) is 7.32. The molecular formula is C30H46N6O9. The minimum atomic E-state index is -1.21. The van der Waals surface area contributed by atoms with Gasteiger partial charge in [-0.3, -0.25) is 33.7 Å². The van der Waals surface area contributed by atoms with Crippen LogP contribution in [-0.2, 0) is 40.1 Å². The quantitative estimate of drug-likeness (QED) is 0.0860. The van der Waals surface area contributed by atoms with E-state index in [4.69, 9.17) is 10.5 Å². The Labute approximate surface area is 263 Å². The van der Waals surface area contributed by atoms with Crippen LogP contribution >= 0.6 is 0 Å². The van der Waals surface area contributed by atoms with Crippen LogP contribution in [0.2, 0.25) is 0 Å². The summed E-state index contributed by atoms with van der Waals surface area (Å²) in [6.07, 6.45) is 5.06. The Morgan fingerprint density at radius 3 is 2.07 bits per heavy atom. The van der Waals surface area contributed by atoms with Gasteiger partial charge in [-0.15, -0.1) is 0 Å². The number of unbranched alkanes of at least 4 members (excludes halogenated alkanes) is 2. The second-order valence-corrected chi connectivity index (χ2v) is 9.31. The molecule has 0 spiro atoms. The Kier molecular flexibility index (Phi) is 21.1. The van der Waals surface area contributed by atoms with E-state index in [9.17, 15) is 38.7 Å². The van der Waals surface area contributed by atoms with Crippen LogP contribution in [0.4, 0.5) is 10.5 Å². The van der Waals surface area contributed by atoms with Crippen LogP contribution in [0.5, 0.6) is 0 Å². The molecule has 1 aromatic rings. The highest BCUT2D eigenvalue weighted by Gasteiger charge is 2.23. The Morgan fingerprint density at radius 1 is 0.933 bits per heavy atom. The fourth-order valence-electron chi connectivity index (χ4n) is 3.46. The lowest BCUT2D eigenvalue weighted by atomic mass is 10.1. The van der Waals surface area contributed by atoms with Gasteiger partial charge in [-0.1, -0.05) is 39.3 Å². The molecule has 0 aliphatic carbocycles. The number of carbonyl (C=O) groups is 7. The molecule has 15 nitrogen and oxygen atoms in total. The molecule has 7 amide bonds. The van der Waals surface area contributed by atoms with Gasteiger partial charge in [0.15, 0.2) is 0 Å². The second kappa shape index (κ2) is 23.6. The maximum atomic E-state index is 12.2. The van der Waals surface area contributed by atoms with Crippen molar-refractivity contribution >= 4 is 47.2 Å². The zero-order chi connectivity index (χ0) is 34.2. The van der Waals surface area contributed by atoms with Crippen LogP contribution in [0.25, 0.3) is 0 Å². The first-order chi connectivity index (χ1) is 21.5. The molecule has 1 atom stereocenters. The molecule has 2 rings (SSSR count). The van der Waals surface area contributed by atoms with Gasteiger partial charge in [-0.05, 0) is 37.0 Å². The standard InChI is InChI=1S/C24H30N4O8.C4H10N2O.C2H6/c1-16(30)36-15-17-6-8-18(9-7-17)26-21(32)13-25-24(35)19(14-29)27-20(31)5-3-2-4-12-28-22(33)10-11-23(28)34;1-2-3-6-4(5)7;1-2/h6-11,19,29H,2-5,12-15H2,1H3,(H,25,35)(H,26,32)(H,27,31);2-3H2,1H3,(H3,5,6,7);1-2H3. The molecule has 0 fully saturated rings. The van der Waals surface area contributed by atoms with Gasteiger partial charge in [-0.25, -0.2) is 4.79 Å². The molecule has 1 aliphatic heterocycles. The van der Waals surface area contributed by atoms with E-state index < -0.39 is 42.4 Å². The fourth-order valence-corrected chi connectivity index (χ4v) is 3.46. The monoisotopic (exact) mass is 634 g/mol. The average molecular weight is 635 g/mol. The average Bonchev–Trinajstić information content (AvgIpc) is 3.34. The number of benzene rings is 1. The molecule has 15 heteroatoms. The summed E-state index contributed by atoms with van der Waals surface area (Å²) in [5.74, 6) is -2.77. The van der Waals surface area contributed by atoms with Crippen LogP contribution in [0.1, 0.15) is 65.4 Å². The predicted molar refractivity (Wildman–Crippen MR) is 166 cm³/mol. The number of amides is 7. The van der Waals surface area contributed by atoms with Gasteiger partial charge in [0.05, 0.1) is 13.2 Å². The molecule has 1 unspecified atom stereocenters. The lowest BCUT2D eigenvalue weighted by Crippen LogP contribution is -2.50. The number of aliphatic hydroxyl groups excluding tert-OH is 1. The minimum absolute atomic E-state index is 0.0951. The van der Waals surface area contributed by atoms with Crippen LogP contribution in [0, 0.1) is 0 Å². The number of esters is 1. The number of aliphatic hydroxyl groups is 1. The van der Waals surface area contributed by atoms with Crippen molar-refractivity contribution in [1.82, 2.24) is 20.9 Å². The third-order valence-electron chi connectivity index (χ3n) is 5.67. The number of carbonyl (C=O) groups excluding carboxylic acids is 7. The van der Waals surface area contributed by atoms with Crippen molar-refractivity contribution in [2.75, 3.05) is 31.6 Å². The summed E-state index contributed by atoms with van der Waals surface area (Å²) in [7, 11) is 0. The number of ether oxygens (including phenoxy) is 1. The number of hydrogen-bond acceptors (Lipinski definition) is 9. The number of primary amides is 1. The third-order valence-corrected chi connectivity index (χ3v) is 5.67. The summed E-state index contributed by atoms with van der Waals surface area (Å²) in [6, 6.07) is 4.94. The number of nitrogens with two attached hydrogens (primary N) is 1. The van der Waals surface area contributed by atoms with Crippen LogP contribution in [0.3, 0.4) is 0 Å². The first-order valence-corrected chi connectivity index (χ1v) is 14.7. The lowest BCUT2D eigenvalue weighted by molar-refractivity contribution is -0.142. The normalized spacial score (nSPS) is 12.1. The summed E-state index contributed by atoms with van der Waals surface area (Å²) < 4.78 is 4.88. The summed E-state index contributed by atoms with van der Waals surface area (Å²) >= 11 is 0. The Bertz CT molecular complexity index is 1140. The molecule has 1 aliphatic rings. The zero-order valence-electron chi connectivity index (χ0n) is 26.4. The highest BCUT2D eigenvalue weighted by molar-refractivity contribution is 6.12. The van der Waals surface area contributed by atoms with Gasteiger partial charge in [0, 0.05) is 44.3 Å². The van der Waals surface area contributed by atoms with Crippen molar-refractivity contribution in [3.8, 4) is 0 Å². The molecule has 1 heterocycles. The van der Waals surface area contributed by atoms with E-state index in [0.29, 0.717) is 31.5 Å². The van der Waals surface area contributed by atoms with E-state index in [2.05, 4.69) is 21.3 Å². The molecule has 0 aromatic heterocycles. The number of nitrogens with zero attached hydrogens (tertiary/aromatic N) is 1. The van der Waals surface area contributed by atoms with E-state index in [1.54, 1.807) is 24.3 Å². The topological polar surface area (TPSA) is 226 Å². The summed E-state index contributed by atoms with van der Waals surface area (Å²) in [5.41, 5.74) is 5.95. The van der Waals surface area contributed by atoms with Gasteiger partial charge in [0.25, 0.3) is 11.8 Å². The zero-order valence-corrected chi connectivity index (χ0v) is 26.4. The molecule has 0 bridgehead atoms. The van der Waals surface area contributed by atoms with Crippen molar-refractivity contribution in [3.05, 3.63) is 42.0 Å². The minimum Gasteiger partial charge on any atom is -0.461 e. The smallest absolute Gasteiger partial charge is 0.312 e. The number of hydrogen-bond donors (Lipinski definition) is 6. The van der Waals surface area contributed by atoms with Crippen molar-refractivity contribution in [2.24, 2.45) is 5.73 Å². The van der Waals surface area contributed by atoms with Gasteiger partial charge >= 0.3 is 12.0 Å². The molecule has 45 heavy (non-hydrogen) atoms. The Morgan fingerprint density at radius 2 is 1.56 bits per heavy atom. The molecule has 0 saturated carbocycles.